The zero-order valence-electron chi connectivity index (χ0n) is 13.1. The van der Waals surface area contributed by atoms with Crippen LogP contribution in [0.5, 0.6) is 11.5 Å². The second kappa shape index (κ2) is 5.47. The Bertz CT molecular complexity index is 834. The van der Waals surface area contributed by atoms with Crippen molar-refractivity contribution in [2.75, 3.05) is 0 Å². The van der Waals surface area contributed by atoms with Crippen LogP contribution < -0.4 is 4.74 Å². The number of ether oxygens (including phenoxy) is 1. The number of phenols is 1. The van der Waals surface area contributed by atoms with Gasteiger partial charge in [-0.25, -0.2) is 4.79 Å². The Labute approximate surface area is 134 Å². The number of aromatic carboxylic acids is 1. The van der Waals surface area contributed by atoms with E-state index in [9.17, 15) is 15.0 Å². The highest BCUT2D eigenvalue weighted by Crippen LogP contribution is 2.49. The zero-order valence-corrected chi connectivity index (χ0v) is 13.1. The van der Waals surface area contributed by atoms with Crippen LogP contribution in [0, 0.1) is 6.92 Å². The summed E-state index contributed by atoms with van der Waals surface area (Å²) in [5.74, 6) is -0.415. The van der Waals surface area contributed by atoms with E-state index < -0.39 is 5.97 Å². The minimum absolute atomic E-state index is 0.0471. The van der Waals surface area contributed by atoms with E-state index >= 15 is 0 Å². The first kappa shape index (κ1) is 15.2. The molecule has 3 rings (SSSR count). The van der Waals surface area contributed by atoms with Gasteiger partial charge in [0.1, 0.15) is 22.8 Å². The van der Waals surface area contributed by atoms with Gasteiger partial charge >= 0.3 is 5.97 Å². The number of carboxylic acids is 1. The molecule has 0 atom stereocenters. The van der Waals surface area contributed by atoms with Crippen LogP contribution in [0.4, 0.5) is 0 Å². The highest BCUT2D eigenvalue weighted by molar-refractivity contribution is 6.00. The molecule has 23 heavy (non-hydrogen) atoms. The van der Waals surface area contributed by atoms with Gasteiger partial charge in [0, 0.05) is 11.1 Å². The van der Waals surface area contributed by atoms with Crippen molar-refractivity contribution in [3.63, 3.8) is 0 Å². The molecule has 0 aromatic heterocycles. The maximum absolute atomic E-state index is 11.6. The minimum atomic E-state index is -1.13. The summed E-state index contributed by atoms with van der Waals surface area (Å²) in [4.78, 5) is 11.6. The molecule has 0 aliphatic carbocycles. The van der Waals surface area contributed by atoms with E-state index in [-0.39, 0.29) is 11.3 Å². The molecule has 2 aromatic rings. The highest BCUT2D eigenvalue weighted by Gasteiger charge is 2.29. The molecule has 0 amide bonds. The molecule has 1 aliphatic rings. The van der Waals surface area contributed by atoms with Crippen LogP contribution in [-0.4, -0.2) is 16.2 Å². The van der Waals surface area contributed by atoms with Crippen molar-refractivity contribution in [2.24, 2.45) is 0 Å². The number of benzene rings is 2. The molecule has 0 fully saturated rings. The first-order valence-corrected chi connectivity index (χ1v) is 7.54. The maximum atomic E-state index is 11.6. The molecule has 0 unspecified atom stereocenters. The van der Waals surface area contributed by atoms with Crippen LogP contribution in [-0.2, 0) is 6.42 Å². The normalized spacial score (nSPS) is 12.3. The van der Waals surface area contributed by atoms with E-state index in [1.165, 1.54) is 0 Å². The predicted molar refractivity (Wildman–Crippen MR) is 88.9 cm³/mol. The van der Waals surface area contributed by atoms with Crippen LogP contribution in [0.25, 0.3) is 16.9 Å². The number of hydrogen-bond acceptors (Lipinski definition) is 3. The molecule has 0 radical (unpaired) electrons. The van der Waals surface area contributed by atoms with E-state index in [1.54, 1.807) is 6.07 Å². The van der Waals surface area contributed by atoms with Gasteiger partial charge in [0.2, 0.25) is 0 Å². The van der Waals surface area contributed by atoms with Crippen LogP contribution in [0.15, 0.2) is 30.8 Å². The molecule has 0 saturated carbocycles. The third-order valence-electron chi connectivity index (χ3n) is 4.06. The van der Waals surface area contributed by atoms with Gasteiger partial charge < -0.3 is 14.9 Å². The van der Waals surface area contributed by atoms with Gasteiger partial charge in [-0.1, -0.05) is 43.7 Å². The van der Waals surface area contributed by atoms with E-state index in [0.717, 1.165) is 23.1 Å². The summed E-state index contributed by atoms with van der Waals surface area (Å²) in [5.41, 5.74) is 3.47. The zero-order chi connectivity index (χ0) is 16.7. The first-order valence-electron chi connectivity index (χ1n) is 7.54. The Hall–Kier alpha value is -2.75. The van der Waals surface area contributed by atoms with Crippen molar-refractivity contribution in [1.82, 2.24) is 0 Å². The second-order valence-corrected chi connectivity index (χ2v) is 5.76. The highest BCUT2D eigenvalue weighted by atomic mass is 16.5. The smallest absolute Gasteiger partial charge is 0.339 e. The number of hydrogen-bond donors (Lipinski definition) is 2. The summed E-state index contributed by atoms with van der Waals surface area (Å²) in [7, 11) is 0. The Morgan fingerprint density at radius 2 is 2.00 bits per heavy atom. The number of carboxylic acid groups (broad SMARTS) is 1. The van der Waals surface area contributed by atoms with Gasteiger partial charge in [0.05, 0.1) is 5.56 Å². The van der Waals surface area contributed by atoms with E-state index in [1.807, 2.05) is 32.0 Å². The van der Waals surface area contributed by atoms with Gasteiger partial charge in [-0.3, -0.25) is 0 Å². The number of aryl methyl sites for hydroxylation is 2. The van der Waals surface area contributed by atoms with E-state index in [2.05, 4.69) is 6.58 Å². The molecule has 4 nitrogen and oxygen atoms in total. The molecule has 1 heterocycles. The van der Waals surface area contributed by atoms with Crippen LogP contribution in [0.3, 0.4) is 0 Å². The molecule has 2 N–H and O–H groups in total. The van der Waals surface area contributed by atoms with Crippen LogP contribution in [0.2, 0.25) is 0 Å². The SMILES string of the molecule is C=C1Oc2cc(CCC)c(C(=O)O)c(O)c2-c2cc(C)ccc21. The van der Waals surface area contributed by atoms with Gasteiger partial charge in [-0.15, -0.1) is 0 Å². The van der Waals surface area contributed by atoms with E-state index in [4.69, 9.17) is 4.74 Å². The lowest BCUT2D eigenvalue weighted by Gasteiger charge is -2.25. The quantitative estimate of drug-likeness (QED) is 0.882. The lowest BCUT2D eigenvalue weighted by Crippen LogP contribution is -2.10. The minimum Gasteiger partial charge on any atom is -0.506 e. The molecule has 0 spiro atoms. The Kier molecular flexibility index (Phi) is 3.60. The molecule has 2 aromatic carbocycles. The fraction of sp³-hybridized carbons (Fsp3) is 0.211. The largest absolute Gasteiger partial charge is 0.506 e. The third-order valence-corrected chi connectivity index (χ3v) is 4.06. The summed E-state index contributed by atoms with van der Waals surface area (Å²) in [5, 5.41) is 20.2. The van der Waals surface area contributed by atoms with Crippen LogP contribution >= 0.6 is 0 Å². The fourth-order valence-electron chi connectivity index (χ4n) is 3.04. The Balaban J connectivity index is 2.36. The first-order chi connectivity index (χ1) is 10.9. The van der Waals surface area contributed by atoms with Gasteiger partial charge in [-0.2, -0.15) is 0 Å². The molecule has 4 heteroatoms. The Morgan fingerprint density at radius 1 is 1.26 bits per heavy atom. The fourth-order valence-corrected chi connectivity index (χ4v) is 3.04. The van der Waals surface area contributed by atoms with Crippen molar-refractivity contribution < 1.29 is 19.7 Å². The molecule has 0 bridgehead atoms. The van der Waals surface area contributed by atoms with E-state index in [0.29, 0.717) is 29.1 Å². The summed E-state index contributed by atoms with van der Waals surface area (Å²) in [6, 6.07) is 7.42. The Morgan fingerprint density at radius 3 is 2.65 bits per heavy atom. The molecule has 118 valence electrons. The van der Waals surface area contributed by atoms with Gasteiger partial charge in [0.15, 0.2) is 0 Å². The summed E-state index contributed by atoms with van der Waals surface area (Å²) >= 11 is 0. The second-order valence-electron chi connectivity index (χ2n) is 5.76. The van der Waals surface area contributed by atoms with Gasteiger partial charge in [-0.05, 0) is 25.0 Å². The standard InChI is InChI=1S/C19H18O4/c1-4-5-12-9-15-17(18(20)16(12)19(21)22)14-8-10(2)6-7-13(14)11(3)23-15/h6-9,20H,3-5H2,1-2H3,(H,21,22). The summed E-state index contributed by atoms with van der Waals surface area (Å²) in [6.07, 6.45) is 1.33. The maximum Gasteiger partial charge on any atom is 0.339 e. The average molecular weight is 310 g/mol. The molecular formula is C19H18O4. The lowest BCUT2D eigenvalue weighted by atomic mass is 9.89. The van der Waals surface area contributed by atoms with Gasteiger partial charge in [0.25, 0.3) is 0 Å². The average Bonchev–Trinajstić information content (AvgIpc) is 2.46. The monoisotopic (exact) mass is 310 g/mol. The van der Waals surface area contributed by atoms with Crippen molar-refractivity contribution in [3.8, 4) is 22.6 Å². The number of rotatable bonds is 3. The third kappa shape index (κ3) is 2.36. The van der Waals surface area contributed by atoms with Crippen molar-refractivity contribution >= 4 is 11.7 Å². The van der Waals surface area contributed by atoms with Crippen molar-refractivity contribution in [3.05, 3.63) is 53.1 Å². The summed E-state index contributed by atoms with van der Waals surface area (Å²) < 4.78 is 5.75. The number of aromatic hydroxyl groups is 1. The lowest BCUT2D eigenvalue weighted by molar-refractivity contribution is 0.0692. The summed E-state index contributed by atoms with van der Waals surface area (Å²) in [6.45, 7) is 7.83. The van der Waals surface area contributed by atoms with Crippen LogP contribution in [0.1, 0.15) is 40.4 Å². The molecular weight excluding hydrogens is 292 g/mol. The van der Waals surface area contributed by atoms with Crippen molar-refractivity contribution in [1.29, 1.82) is 0 Å². The molecule has 1 aliphatic heterocycles. The van der Waals surface area contributed by atoms with Crippen molar-refractivity contribution in [2.45, 2.75) is 26.7 Å². The number of fused-ring (bicyclic) bond motifs is 3. The topological polar surface area (TPSA) is 66.8 Å². The number of carbonyl (C=O) groups is 1. The molecule has 0 saturated heterocycles. The predicted octanol–water partition coefficient (Wildman–Crippen LogP) is 4.38.